The van der Waals surface area contributed by atoms with Crippen molar-refractivity contribution in [3.63, 3.8) is 0 Å². The number of carbonyl (C=O) groups is 1. The monoisotopic (exact) mass is 391 g/mol. The van der Waals surface area contributed by atoms with E-state index >= 15 is 0 Å². The van der Waals surface area contributed by atoms with Crippen molar-refractivity contribution >= 4 is 11.8 Å². The molecule has 0 radical (unpaired) electrons. The van der Waals surface area contributed by atoms with Crippen LogP contribution in [0.15, 0.2) is 24.5 Å². The van der Waals surface area contributed by atoms with Gasteiger partial charge in [-0.15, -0.1) is 0 Å². The van der Waals surface area contributed by atoms with Gasteiger partial charge in [-0.05, 0) is 46.6 Å². The van der Waals surface area contributed by atoms with E-state index in [1.54, 1.807) is 33.8 Å². The molecular formula is C18H25N5O5. The third-order valence-electron chi connectivity index (χ3n) is 3.50. The Kier molecular flexibility index (Phi) is 6.91. The number of alkyl carbamates (subject to hydrolysis) is 1. The van der Waals surface area contributed by atoms with Crippen molar-refractivity contribution < 1.29 is 19.2 Å². The number of amides is 1. The van der Waals surface area contributed by atoms with E-state index in [0.29, 0.717) is 43.3 Å². The third-order valence-corrected chi connectivity index (χ3v) is 3.50. The predicted molar refractivity (Wildman–Crippen MR) is 102 cm³/mol. The summed E-state index contributed by atoms with van der Waals surface area (Å²) in [6.07, 6.45) is 2.38. The minimum Gasteiger partial charge on any atom is -0.491 e. The quantitative estimate of drug-likeness (QED) is 0.417. The van der Waals surface area contributed by atoms with Crippen LogP contribution in [0.2, 0.25) is 0 Å². The maximum Gasteiger partial charge on any atom is 0.407 e. The van der Waals surface area contributed by atoms with Gasteiger partial charge < -0.3 is 14.8 Å². The van der Waals surface area contributed by atoms with Crippen molar-refractivity contribution in [2.24, 2.45) is 0 Å². The zero-order valence-corrected chi connectivity index (χ0v) is 16.5. The molecule has 0 fully saturated rings. The van der Waals surface area contributed by atoms with E-state index in [9.17, 15) is 14.9 Å². The first-order chi connectivity index (χ1) is 13.2. The van der Waals surface area contributed by atoms with Crippen LogP contribution in [0.1, 0.15) is 39.4 Å². The molecule has 2 rings (SSSR count). The molecule has 1 heterocycles. The summed E-state index contributed by atoms with van der Waals surface area (Å²) < 4.78 is 12.4. The summed E-state index contributed by atoms with van der Waals surface area (Å²) in [4.78, 5) is 26.2. The highest BCUT2D eigenvalue weighted by Crippen LogP contribution is 2.27. The van der Waals surface area contributed by atoms with Crippen LogP contribution in [0.25, 0.3) is 5.69 Å². The van der Waals surface area contributed by atoms with Crippen LogP contribution in [0.4, 0.5) is 10.5 Å². The molecule has 2 aromatic rings. The van der Waals surface area contributed by atoms with Crippen LogP contribution in [0.3, 0.4) is 0 Å². The lowest BCUT2D eigenvalue weighted by atomic mass is 10.2. The molecule has 1 amide bonds. The first kappa shape index (κ1) is 21.1. The summed E-state index contributed by atoms with van der Waals surface area (Å²) in [5, 5.41) is 17.9. The molecule has 152 valence electrons. The Morgan fingerprint density at radius 2 is 2.07 bits per heavy atom. The van der Waals surface area contributed by atoms with Crippen molar-refractivity contribution in [2.75, 3.05) is 13.2 Å². The van der Waals surface area contributed by atoms with Crippen LogP contribution in [-0.4, -0.2) is 44.5 Å². The number of nitrogens with one attached hydrogen (secondary N) is 1. The summed E-state index contributed by atoms with van der Waals surface area (Å²) >= 11 is 0. The van der Waals surface area contributed by atoms with Crippen molar-refractivity contribution in [1.82, 2.24) is 20.1 Å². The molecule has 10 nitrogen and oxygen atoms in total. The molecule has 28 heavy (non-hydrogen) atoms. The lowest BCUT2D eigenvalue weighted by molar-refractivity contribution is -0.384. The normalized spacial score (nSPS) is 11.1. The summed E-state index contributed by atoms with van der Waals surface area (Å²) in [7, 11) is 0. The number of aryl methyl sites for hydroxylation is 1. The number of carbonyl (C=O) groups excluding carboxylic acids is 1. The molecule has 0 saturated heterocycles. The highest BCUT2D eigenvalue weighted by Gasteiger charge is 2.16. The first-order valence-electron chi connectivity index (χ1n) is 8.92. The van der Waals surface area contributed by atoms with Crippen LogP contribution in [0, 0.1) is 17.0 Å². The van der Waals surface area contributed by atoms with Crippen molar-refractivity contribution in [1.29, 1.82) is 0 Å². The van der Waals surface area contributed by atoms with Gasteiger partial charge >= 0.3 is 6.09 Å². The third kappa shape index (κ3) is 6.53. The van der Waals surface area contributed by atoms with Gasteiger partial charge in [0.05, 0.1) is 17.6 Å². The summed E-state index contributed by atoms with van der Waals surface area (Å²) in [6, 6.07) is 4.33. The molecule has 0 unspecified atom stereocenters. The minimum atomic E-state index is -0.536. The molecule has 1 aromatic heterocycles. The lowest BCUT2D eigenvalue weighted by Gasteiger charge is -2.19. The van der Waals surface area contributed by atoms with Gasteiger partial charge in [0.15, 0.2) is 5.75 Å². The van der Waals surface area contributed by atoms with Gasteiger partial charge in [0.2, 0.25) is 0 Å². The number of nitrogens with zero attached hydrogens (tertiary/aromatic N) is 4. The number of unbranched alkanes of at least 4 members (excludes halogenated alkanes) is 1. The van der Waals surface area contributed by atoms with Gasteiger partial charge in [-0.2, -0.15) is 5.10 Å². The van der Waals surface area contributed by atoms with E-state index in [0.717, 1.165) is 0 Å². The average molecular weight is 391 g/mol. The Labute approximate surface area is 163 Å². The number of non-ortho nitro benzene ring substituents is 1. The molecule has 10 heteroatoms. The number of hydrogen-bond donors (Lipinski definition) is 1. The molecule has 0 aliphatic rings. The number of rotatable bonds is 8. The Balaban J connectivity index is 1.89. The van der Waals surface area contributed by atoms with E-state index in [4.69, 9.17) is 9.47 Å². The van der Waals surface area contributed by atoms with E-state index in [2.05, 4.69) is 15.4 Å². The maximum absolute atomic E-state index is 11.6. The molecular weight excluding hydrogens is 366 g/mol. The van der Waals surface area contributed by atoms with E-state index in [-0.39, 0.29) is 5.69 Å². The van der Waals surface area contributed by atoms with Crippen LogP contribution in [-0.2, 0) is 4.74 Å². The van der Waals surface area contributed by atoms with Gasteiger partial charge in [0, 0.05) is 12.6 Å². The number of hydrogen-bond acceptors (Lipinski definition) is 7. The van der Waals surface area contributed by atoms with Crippen molar-refractivity contribution in [3.8, 4) is 11.4 Å². The summed E-state index contributed by atoms with van der Waals surface area (Å²) in [5.74, 6) is 0.928. The van der Waals surface area contributed by atoms with Gasteiger partial charge in [0.1, 0.15) is 23.4 Å². The summed E-state index contributed by atoms with van der Waals surface area (Å²) in [5.41, 5.74) is -0.0361. The number of ether oxygens (including phenoxy) is 2. The van der Waals surface area contributed by atoms with E-state index in [1.807, 2.05) is 0 Å². The van der Waals surface area contributed by atoms with Crippen LogP contribution in [0.5, 0.6) is 5.75 Å². The van der Waals surface area contributed by atoms with Gasteiger partial charge in [-0.1, -0.05) is 0 Å². The Hall–Kier alpha value is -3.17. The first-order valence-corrected chi connectivity index (χ1v) is 8.92. The zero-order valence-electron chi connectivity index (χ0n) is 16.5. The van der Waals surface area contributed by atoms with Crippen molar-refractivity contribution in [3.05, 3.63) is 40.5 Å². The molecule has 0 saturated carbocycles. The predicted octanol–water partition coefficient (Wildman–Crippen LogP) is 3.17. The molecule has 1 N–H and O–H groups in total. The fourth-order valence-electron chi connectivity index (χ4n) is 2.30. The van der Waals surface area contributed by atoms with Gasteiger partial charge in [-0.3, -0.25) is 10.1 Å². The van der Waals surface area contributed by atoms with Crippen molar-refractivity contribution in [2.45, 2.75) is 46.1 Å². The van der Waals surface area contributed by atoms with Crippen LogP contribution >= 0.6 is 0 Å². The average Bonchev–Trinajstić information content (AvgIpc) is 3.02. The second-order valence-electron chi connectivity index (χ2n) is 7.13. The smallest absolute Gasteiger partial charge is 0.407 e. The minimum absolute atomic E-state index is 0.0674. The van der Waals surface area contributed by atoms with E-state index in [1.165, 1.54) is 23.1 Å². The number of nitro benzene ring substituents is 1. The Morgan fingerprint density at radius 3 is 2.68 bits per heavy atom. The number of benzene rings is 1. The fourth-order valence-corrected chi connectivity index (χ4v) is 2.30. The molecule has 0 aliphatic heterocycles. The lowest BCUT2D eigenvalue weighted by Crippen LogP contribution is -2.33. The molecule has 1 aromatic carbocycles. The standard InChI is InChI=1S/C18H25N5O5/c1-13-20-12-22(21-13)15-8-7-14(23(25)26)11-16(15)27-10-6-5-9-19-17(24)28-18(2,3)4/h7-8,11-12H,5-6,9-10H2,1-4H3,(H,19,24). The number of aromatic nitrogens is 3. The second-order valence-corrected chi connectivity index (χ2v) is 7.13. The summed E-state index contributed by atoms with van der Waals surface area (Å²) in [6.45, 7) is 7.93. The second kappa shape index (κ2) is 9.16. The zero-order chi connectivity index (χ0) is 20.7. The SMILES string of the molecule is Cc1ncn(-c2ccc([N+](=O)[O-])cc2OCCCCNC(=O)OC(C)(C)C)n1. The molecule has 0 spiro atoms. The topological polar surface area (TPSA) is 121 Å². The molecule has 0 atom stereocenters. The highest BCUT2D eigenvalue weighted by molar-refractivity contribution is 5.67. The Bertz CT molecular complexity index is 828. The number of nitro groups is 1. The van der Waals surface area contributed by atoms with E-state index < -0.39 is 16.6 Å². The maximum atomic E-state index is 11.6. The van der Waals surface area contributed by atoms with Gasteiger partial charge in [-0.25, -0.2) is 14.5 Å². The largest absolute Gasteiger partial charge is 0.491 e. The molecule has 0 aliphatic carbocycles. The van der Waals surface area contributed by atoms with Gasteiger partial charge in [0.25, 0.3) is 5.69 Å². The Morgan fingerprint density at radius 1 is 1.32 bits per heavy atom. The fraction of sp³-hybridized carbons (Fsp3) is 0.500. The highest BCUT2D eigenvalue weighted by atomic mass is 16.6. The molecule has 0 bridgehead atoms. The van der Waals surface area contributed by atoms with Crippen LogP contribution < -0.4 is 10.1 Å².